The highest BCUT2D eigenvalue weighted by molar-refractivity contribution is 7.89. The van der Waals surface area contributed by atoms with E-state index in [2.05, 4.69) is 5.32 Å². The molecule has 0 unspecified atom stereocenters. The van der Waals surface area contributed by atoms with E-state index >= 15 is 0 Å². The van der Waals surface area contributed by atoms with Gasteiger partial charge >= 0.3 is 6.09 Å². The van der Waals surface area contributed by atoms with Crippen LogP contribution in [-0.2, 0) is 19.5 Å². The number of rotatable bonds is 4. The first kappa shape index (κ1) is 24.5. The van der Waals surface area contributed by atoms with Crippen molar-refractivity contribution in [3.8, 4) is 0 Å². The molecule has 2 heterocycles. The van der Waals surface area contributed by atoms with Crippen LogP contribution in [-0.4, -0.2) is 80.7 Å². The molecule has 2 aliphatic rings. The van der Waals surface area contributed by atoms with Gasteiger partial charge in [-0.2, -0.15) is 4.31 Å². The SMILES string of the molecule is Cc1ccc(S(=O)(=O)N2CCOCC2)cc1C(=O)NC1CCN(C(=O)OC(C)(C)C)CC1. The zero-order valence-corrected chi connectivity index (χ0v) is 20.0. The summed E-state index contributed by atoms with van der Waals surface area (Å²) in [6.45, 7) is 9.57. The summed E-state index contributed by atoms with van der Waals surface area (Å²) in [6, 6.07) is 4.55. The highest BCUT2D eigenvalue weighted by Gasteiger charge is 2.30. The number of hydrogen-bond donors (Lipinski definition) is 1. The van der Waals surface area contributed by atoms with E-state index in [-0.39, 0.29) is 22.9 Å². The number of nitrogens with zero attached hydrogens (tertiary/aromatic N) is 2. The first-order valence-electron chi connectivity index (χ1n) is 10.9. The number of aryl methyl sites for hydroxylation is 1. The van der Waals surface area contributed by atoms with Gasteiger partial charge in [0.15, 0.2) is 0 Å². The standard InChI is InChI=1S/C22H33N3O6S/c1-16-5-6-18(32(28,29)25-11-13-30-14-12-25)15-19(16)20(26)23-17-7-9-24(10-8-17)21(27)31-22(2,3)4/h5-6,15,17H,7-14H2,1-4H3,(H,23,26). The van der Waals surface area contributed by atoms with Gasteiger partial charge in [-0.3, -0.25) is 4.79 Å². The Morgan fingerprint density at radius 3 is 2.31 bits per heavy atom. The van der Waals surface area contributed by atoms with Gasteiger partial charge in [0, 0.05) is 37.8 Å². The lowest BCUT2D eigenvalue weighted by Gasteiger charge is -2.33. The first-order valence-corrected chi connectivity index (χ1v) is 12.4. The second-order valence-electron chi connectivity index (χ2n) is 9.21. The molecule has 32 heavy (non-hydrogen) atoms. The Labute approximate surface area is 190 Å². The Kier molecular flexibility index (Phi) is 7.46. The monoisotopic (exact) mass is 467 g/mol. The molecule has 0 aliphatic carbocycles. The molecule has 3 rings (SSSR count). The predicted molar refractivity (Wildman–Crippen MR) is 119 cm³/mol. The Bertz CT molecular complexity index is 943. The number of sulfonamides is 1. The molecule has 2 fully saturated rings. The Hall–Kier alpha value is -2.17. The Morgan fingerprint density at radius 2 is 1.72 bits per heavy atom. The van der Waals surface area contributed by atoms with E-state index in [9.17, 15) is 18.0 Å². The van der Waals surface area contributed by atoms with Crippen molar-refractivity contribution in [1.29, 1.82) is 0 Å². The number of carbonyl (C=O) groups excluding carboxylic acids is 2. The molecule has 0 spiro atoms. The molecule has 0 saturated carbocycles. The van der Waals surface area contributed by atoms with Crippen LogP contribution in [0.2, 0.25) is 0 Å². The van der Waals surface area contributed by atoms with Crippen LogP contribution in [0.15, 0.2) is 23.1 Å². The molecule has 2 saturated heterocycles. The lowest BCUT2D eigenvalue weighted by Crippen LogP contribution is -2.47. The molecule has 2 aliphatic heterocycles. The van der Waals surface area contributed by atoms with Gasteiger partial charge < -0.3 is 19.7 Å². The van der Waals surface area contributed by atoms with Crippen LogP contribution in [0.1, 0.15) is 49.5 Å². The van der Waals surface area contributed by atoms with Crippen molar-refractivity contribution in [2.75, 3.05) is 39.4 Å². The minimum Gasteiger partial charge on any atom is -0.444 e. The number of nitrogens with one attached hydrogen (secondary N) is 1. The van der Waals surface area contributed by atoms with E-state index < -0.39 is 15.6 Å². The predicted octanol–water partition coefficient (Wildman–Crippen LogP) is 2.15. The molecule has 178 valence electrons. The minimum absolute atomic E-state index is 0.0971. The number of likely N-dealkylation sites (tertiary alicyclic amines) is 1. The topological polar surface area (TPSA) is 105 Å². The van der Waals surface area contributed by atoms with E-state index in [0.717, 1.165) is 0 Å². The van der Waals surface area contributed by atoms with Crippen LogP contribution >= 0.6 is 0 Å². The van der Waals surface area contributed by atoms with Crippen LogP contribution in [0.3, 0.4) is 0 Å². The maximum absolute atomic E-state index is 13.0. The van der Waals surface area contributed by atoms with Crippen molar-refractivity contribution >= 4 is 22.0 Å². The molecule has 1 N–H and O–H groups in total. The normalized spacial score (nSPS) is 18.9. The largest absolute Gasteiger partial charge is 0.444 e. The third-order valence-corrected chi connectivity index (χ3v) is 7.44. The van der Waals surface area contributed by atoms with Crippen molar-refractivity contribution in [3.05, 3.63) is 29.3 Å². The summed E-state index contributed by atoms with van der Waals surface area (Å²) < 4.78 is 37.9. The summed E-state index contributed by atoms with van der Waals surface area (Å²) >= 11 is 0. The Balaban J connectivity index is 1.63. The fourth-order valence-corrected chi connectivity index (χ4v) is 5.17. The summed E-state index contributed by atoms with van der Waals surface area (Å²) in [5.74, 6) is -0.308. The maximum Gasteiger partial charge on any atom is 0.410 e. The molecule has 9 nitrogen and oxygen atoms in total. The average molecular weight is 468 g/mol. The third kappa shape index (κ3) is 5.99. The van der Waals surface area contributed by atoms with Crippen molar-refractivity contribution < 1.29 is 27.5 Å². The number of amides is 2. The van der Waals surface area contributed by atoms with E-state index in [4.69, 9.17) is 9.47 Å². The van der Waals surface area contributed by atoms with Gasteiger partial charge in [0.25, 0.3) is 5.91 Å². The number of hydrogen-bond acceptors (Lipinski definition) is 6. The Morgan fingerprint density at radius 1 is 1.09 bits per heavy atom. The number of ether oxygens (including phenoxy) is 2. The highest BCUT2D eigenvalue weighted by atomic mass is 32.2. The molecule has 0 atom stereocenters. The van der Waals surface area contributed by atoms with Crippen LogP contribution in [0.25, 0.3) is 0 Å². The molecule has 1 aromatic rings. The van der Waals surface area contributed by atoms with Gasteiger partial charge in [-0.05, 0) is 58.2 Å². The molecule has 1 aromatic carbocycles. The second-order valence-corrected chi connectivity index (χ2v) is 11.1. The highest BCUT2D eigenvalue weighted by Crippen LogP contribution is 2.22. The van der Waals surface area contributed by atoms with E-state index in [1.54, 1.807) is 17.9 Å². The van der Waals surface area contributed by atoms with Crippen LogP contribution in [0.4, 0.5) is 4.79 Å². The molecule has 0 aromatic heterocycles. The summed E-state index contributed by atoms with van der Waals surface area (Å²) in [5.41, 5.74) is 0.496. The summed E-state index contributed by atoms with van der Waals surface area (Å²) in [5, 5.41) is 3.00. The third-order valence-electron chi connectivity index (χ3n) is 5.54. The minimum atomic E-state index is -3.68. The number of benzene rings is 1. The maximum atomic E-state index is 13.0. The lowest BCUT2D eigenvalue weighted by molar-refractivity contribution is 0.0199. The van der Waals surface area contributed by atoms with E-state index in [0.29, 0.717) is 63.4 Å². The van der Waals surface area contributed by atoms with Crippen molar-refractivity contribution in [2.45, 2.75) is 57.1 Å². The van der Waals surface area contributed by atoms with E-state index in [1.807, 2.05) is 20.8 Å². The number of piperidine rings is 1. The summed E-state index contributed by atoms with van der Waals surface area (Å²) in [4.78, 5) is 26.9. The molecule has 2 amide bonds. The number of morpholine rings is 1. The average Bonchev–Trinajstić information content (AvgIpc) is 2.73. The van der Waals surface area contributed by atoms with Crippen LogP contribution < -0.4 is 5.32 Å². The zero-order chi connectivity index (χ0) is 23.5. The van der Waals surface area contributed by atoms with Gasteiger partial charge in [0.1, 0.15) is 5.60 Å². The zero-order valence-electron chi connectivity index (χ0n) is 19.2. The fraction of sp³-hybridized carbons (Fsp3) is 0.636. The summed E-state index contributed by atoms with van der Waals surface area (Å²) in [7, 11) is -3.68. The fourth-order valence-electron chi connectivity index (χ4n) is 3.74. The van der Waals surface area contributed by atoms with Crippen molar-refractivity contribution in [1.82, 2.24) is 14.5 Å². The molecule has 10 heteroatoms. The van der Waals surface area contributed by atoms with Crippen LogP contribution in [0, 0.1) is 6.92 Å². The first-order chi connectivity index (χ1) is 15.0. The van der Waals surface area contributed by atoms with Crippen LogP contribution in [0.5, 0.6) is 0 Å². The van der Waals surface area contributed by atoms with Gasteiger partial charge in [-0.25, -0.2) is 13.2 Å². The molecular weight excluding hydrogens is 434 g/mol. The van der Waals surface area contributed by atoms with Gasteiger partial charge in [-0.15, -0.1) is 0 Å². The molecule has 0 bridgehead atoms. The second kappa shape index (κ2) is 9.76. The molecular formula is C22H33N3O6S. The number of carbonyl (C=O) groups is 2. The smallest absolute Gasteiger partial charge is 0.410 e. The summed E-state index contributed by atoms with van der Waals surface area (Å²) in [6.07, 6.45) is 0.866. The lowest BCUT2D eigenvalue weighted by atomic mass is 10.0. The quantitative estimate of drug-likeness (QED) is 0.727. The van der Waals surface area contributed by atoms with Gasteiger partial charge in [0.05, 0.1) is 18.1 Å². The van der Waals surface area contributed by atoms with Crippen molar-refractivity contribution in [3.63, 3.8) is 0 Å². The van der Waals surface area contributed by atoms with Gasteiger partial charge in [-0.1, -0.05) is 6.07 Å². The van der Waals surface area contributed by atoms with E-state index in [1.165, 1.54) is 16.4 Å². The molecule has 0 radical (unpaired) electrons. The van der Waals surface area contributed by atoms with Crippen molar-refractivity contribution in [2.24, 2.45) is 0 Å². The van der Waals surface area contributed by atoms with Gasteiger partial charge in [0.2, 0.25) is 10.0 Å².